The zero-order chi connectivity index (χ0) is 10.8. The first-order valence-electron chi connectivity index (χ1n) is 4.24. The molecule has 0 amide bonds. The summed E-state index contributed by atoms with van der Waals surface area (Å²) in [4.78, 5) is 15.0. The monoisotopic (exact) mass is 204 g/mol. The average molecular weight is 204 g/mol. The van der Waals surface area contributed by atoms with Crippen molar-refractivity contribution < 1.29 is 9.90 Å². The minimum absolute atomic E-state index is 0.0358. The maximum absolute atomic E-state index is 10.9. The molecule has 2 rings (SSSR count). The molecular formula is C9H8N4O2. The number of aromatic carboxylic acids is 1. The molecule has 0 unspecified atom stereocenters. The van der Waals surface area contributed by atoms with Crippen LogP contribution in [0.5, 0.6) is 0 Å². The summed E-state index contributed by atoms with van der Waals surface area (Å²) in [7, 11) is 1.53. The van der Waals surface area contributed by atoms with E-state index in [0.717, 1.165) is 0 Å². The van der Waals surface area contributed by atoms with Crippen molar-refractivity contribution in [3.05, 3.63) is 30.1 Å². The van der Waals surface area contributed by atoms with Gasteiger partial charge >= 0.3 is 5.97 Å². The van der Waals surface area contributed by atoms with Gasteiger partial charge in [0, 0.05) is 13.2 Å². The Bertz CT molecular complexity index is 492. The Kier molecular flexibility index (Phi) is 2.17. The second kappa shape index (κ2) is 3.49. The summed E-state index contributed by atoms with van der Waals surface area (Å²) >= 11 is 0. The van der Waals surface area contributed by atoms with Crippen molar-refractivity contribution in [3.63, 3.8) is 0 Å². The summed E-state index contributed by atoms with van der Waals surface area (Å²) < 4.78 is 1.21. The predicted molar refractivity (Wildman–Crippen MR) is 51.2 cm³/mol. The zero-order valence-electron chi connectivity index (χ0n) is 7.95. The number of pyridine rings is 1. The standard InChI is InChI=1S/C9H8N4O2/c1-13-8(9(14)15)7(11-12-13)6-4-2-3-5-10-6/h2-5H,1H3,(H,14,15). The number of carbonyl (C=O) groups is 1. The Morgan fingerprint density at radius 3 is 2.87 bits per heavy atom. The van der Waals surface area contributed by atoms with Gasteiger partial charge in [0.25, 0.3) is 0 Å². The number of aryl methyl sites for hydroxylation is 1. The normalized spacial score (nSPS) is 10.2. The third kappa shape index (κ3) is 1.56. The van der Waals surface area contributed by atoms with Gasteiger partial charge in [0.2, 0.25) is 0 Å². The van der Waals surface area contributed by atoms with Crippen LogP contribution in [0.15, 0.2) is 24.4 Å². The van der Waals surface area contributed by atoms with Gasteiger partial charge in [-0.15, -0.1) is 5.10 Å². The number of carboxylic acids is 1. The van der Waals surface area contributed by atoms with Crippen molar-refractivity contribution in [2.75, 3.05) is 0 Å². The molecule has 0 aliphatic rings. The first kappa shape index (κ1) is 9.32. The van der Waals surface area contributed by atoms with Crippen LogP contribution in [-0.4, -0.2) is 31.1 Å². The van der Waals surface area contributed by atoms with Gasteiger partial charge in [0.15, 0.2) is 5.69 Å². The molecule has 0 aliphatic carbocycles. The molecule has 0 aromatic carbocycles. The summed E-state index contributed by atoms with van der Waals surface area (Å²) in [5.41, 5.74) is 0.822. The quantitative estimate of drug-likeness (QED) is 0.773. The van der Waals surface area contributed by atoms with E-state index in [2.05, 4.69) is 15.3 Å². The van der Waals surface area contributed by atoms with Gasteiger partial charge < -0.3 is 5.11 Å². The van der Waals surface area contributed by atoms with Crippen LogP contribution in [0, 0.1) is 0 Å². The molecule has 0 fully saturated rings. The van der Waals surface area contributed by atoms with Crippen molar-refractivity contribution in [2.45, 2.75) is 0 Å². The van der Waals surface area contributed by atoms with Gasteiger partial charge in [-0.25, -0.2) is 9.48 Å². The lowest BCUT2D eigenvalue weighted by Gasteiger charge is -1.97. The van der Waals surface area contributed by atoms with Crippen molar-refractivity contribution in [2.24, 2.45) is 7.05 Å². The Hall–Kier alpha value is -2.24. The van der Waals surface area contributed by atoms with Crippen LogP contribution in [0.4, 0.5) is 0 Å². The molecule has 0 bridgehead atoms. The molecule has 1 N–H and O–H groups in total. The smallest absolute Gasteiger partial charge is 0.356 e. The van der Waals surface area contributed by atoms with Crippen LogP contribution in [-0.2, 0) is 7.05 Å². The van der Waals surface area contributed by atoms with Gasteiger partial charge in [-0.2, -0.15) is 0 Å². The third-order valence-corrected chi connectivity index (χ3v) is 1.94. The fourth-order valence-electron chi connectivity index (χ4n) is 1.27. The lowest BCUT2D eigenvalue weighted by molar-refractivity contribution is 0.0686. The molecule has 2 aromatic heterocycles. The summed E-state index contributed by atoms with van der Waals surface area (Å²) in [5.74, 6) is -1.07. The molecule has 6 heteroatoms. The number of rotatable bonds is 2. The highest BCUT2D eigenvalue weighted by Gasteiger charge is 2.19. The van der Waals surface area contributed by atoms with E-state index < -0.39 is 5.97 Å². The van der Waals surface area contributed by atoms with Gasteiger partial charge in [-0.1, -0.05) is 11.3 Å². The second-order valence-electron chi connectivity index (χ2n) is 2.93. The van der Waals surface area contributed by atoms with Crippen LogP contribution in [0.25, 0.3) is 11.4 Å². The molecule has 6 nitrogen and oxygen atoms in total. The fraction of sp³-hybridized carbons (Fsp3) is 0.111. The summed E-state index contributed by atoms with van der Waals surface area (Å²) in [6.45, 7) is 0. The highest BCUT2D eigenvalue weighted by molar-refractivity contribution is 5.92. The number of hydrogen-bond donors (Lipinski definition) is 1. The van der Waals surface area contributed by atoms with Gasteiger partial charge in [-0.05, 0) is 12.1 Å². The molecule has 2 heterocycles. The van der Waals surface area contributed by atoms with Crippen LogP contribution in [0.1, 0.15) is 10.5 Å². The molecule has 2 aromatic rings. The topological polar surface area (TPSA) is 80.9 Å². The van der Waals surface area contributed by atoms with Gasteiger partial charge in [-0.3, -0.25) is 4.98 Å². The van der Waals surface area contributed by atoms with Crippen molar-refractivity contribution in [3.8, 4) is 11.4 Å². The molecule has 0 atom stereocenters. The minimum Gasteiger partial charge on any atom is -0.476 e. The van der Waals surface area contributed by atoms with E-state index in [0.29, 0.717) is 5.69 Å². The minimum atomic E-state index is -1.07. The lowest BCUT2D eigenvalue weighted by atomic mass is 10.2. The molecule has 0 aliphatic heterocycles. The number of aromatic nitrogens is 4. The maximum Gasteiger partial charge on any atom is 0.356 e. The van der Waals surface area contributed by atoms with E-state index in [1.807, 2.05) is 0 Å². The Balaban J connectivity index is 2.59. The Morgan fingerprint density at radius 2 is 2.27 bits per heavy atom. The first-order valence-corrected chi connectivity index (χ1v) is 4.24. The average Bonchev–Trinajstić information content (AvgIpc) is 2.61. The molecule has 76 valence electrons. The predicted octanol–water partition coefficient (Wildman–Crippen LogP) is 0.575. The first-order chi connectivity index (χ1) is 7.20. The summed E-state index contributed by atoms with van der Waals surface area (Å²) in [6.07, 6.45) is 1.58. The number of carboxylic acid groups (broad SMARTS) is 1. The summed E-state index contributed by atoms with van der Waals surface area (Å²) in [5, 5.41) is 16.4. The number of hydrogen-bond acceptors (Lipinski definition) is 4. The van der Waals surface area contributed by atoms with E-state index in [-0.39, 0.29) is 11.4 Å². The van der Waals surface area contributed by atoms with E-state index in [9.17, 15) is 4.79 Å². The van der Waals surface area contributed by atoms with Crippen molar-refractivity contribution in [1.82, 2.24) is 20.0 Å². The Morgan fingerprint density at radius 1 is 1.47 bits per heavy atom. The lowest BCUT2D eigenvalue weighted by Crippen LogP contribution is -2.06. The molecule has 0 saturated carbocycles. The van der Waals surface area contributed by atoms with E-state index in [4.69, 9.17) is 5.11 Å². The van der Waals surface area contributed by atoms with Gasteiger partial charge in [0.1, 0.15) is 5.69 Å². The Labute approximate surface area is 85.2 Å². The molecule has 0 saturated heterocycles. The number of nitrogens with zero attached hydrogens (tertiary/aromatic N) is 4. The molecule has 0 radical (unpaired) electrons. The zero-order valence-corrected chi connectivity index (χ0v) is 7.95. The molecule has 15 heavy (non-hydrogen) atoms. The largest absolute Gasteiger partial charge is 0.476 e. The third-order valence-electron chi connectivity index (χ3n) is 1.94. The highest BCUT2D eigenvalue weighted by atomic mass is 16.4. The van der Waals surface area contributed by atoms with Crippen LogP contribution in [0.2, 0.25) is 0 Å². The van der Waals surface area contributed by atoms with Crippen LogP contribution < -0.4 is 0 Å². The van der Waals surface area contributed by atoms with Crippen LogP contribution in [0.3, 0.4) is 0 Å². The van der Waals surface area contributed by atoms with Crippen molar-refractivity contribution >= 4 is 5.97 Å². The fourth-order valence-corrected chi connectivity index (χ4v) is 1.27. The van der Waals surface area contributed by atoms with Crippen LogP contribution >= 0.6 is 0 Å². The molecular weight excluding hydrogens is 196 g/mol. The highest BCUT2D eigenvalue weighted by Crippen LogP contribution is 2.17. The second-order valence-corrected chi connectivity index (χ2v) is 2.93. The van der Waals surface area contributed by atoms with E-state index >= 15 is 0 Å². The van der Waals surface area contributed by atoms with Crippen molar-refractivity contribution in [1.29, 1.82) is 0 Å². The summed E-state index contributed by atoms with van der Waals surface area (Å²) in [6, 6.07) is 5.21. The van der Waals surface area contributed by atoms with E-state index in [1.165, 1.54) is 11.7 Å². The SMILES string of the molecule is Cn1nnc(-c2ccccn2)c1C(=O)O. The van der Waals surface area contributed by atoms with E-state index in [1.54, 1.807) is 24.4 Å². The maximum atomic E-state index is 10.9. The van der Waals surface area contributed by atoms with Gasteiger partial charge in [0.05, 0.1) is 5.69 Å². The molecule has 0 spiro atoms.